The second-order valence-electron chi connectivity index (χ2n) is 5.59. The van der Waals surface area contributed by atoms with Crippen LogP contribution in [0.1, 0.15) is 5.56 Å². The number of nitrogens with one attached hydrogen (secondary N) is 1. The predicted octanol–water partition coefficient (Wildman–Crippen LogP) is 3.02. The normalized spacial score (nSPS) is 12.7. The van der Waals surface area contributed by atoms with Gasteiger partial charge in [0.05, 0.1) is 14.2 Å². The van der Waals surface area contributed by atoms with Gasteiger partial charge in [-0.15, -0.1) is 0 Å². The van der Waals surface area contributed by atoms with Gasteiger partial charge in [-0.2, -0.15) is 5.26 Å². The van der Waals surface area contributed by atoms with E-state index in [1.165, 1.54) is 13.2 Å². The zero-order valence-electron chi connectivity index (χ0n) is 14.9. The first-order valence-electron chi connectivity index (χ1n) is 8.19. The zero-order valence-corrected chi connectivity index (χ0v) is 14.9. The van der Waals surface area contributed by atoms with Crippen molar-refractivity contribution in [3.8, 4) is 29.1 Å². The van der Waals surface area contributed by atoms with Gasteiger partial charge in [-0.25, -0.2) is 0 Å². The van der Waals surface area contributed by atoms with Crippen molar-refractivity contribution in [1.29, 1.82) is 5.26 Å². The second-order valence-corrected chi connectivity index (χ2v) is 5.59. The summed E-state index contributed by atoms with van der Waals surface area (Å²) in [5.41, 5.74) is 1.03. The van der Waals surface area contributed by atoms with Crippen LogP contribution in [-0.2, 0) is 4.79 Å². The summed E-state index contributed by atoms with van der Waals surface area (Å²) < 4.78 is 21.4. The number of hydrogen-bond acceptors (Lipinski definition) is 6. The van der Waals surface area contributed by atoms with Crippen LogP contribution in [0, 0.1) is 11.3 Å². The van der Waals surface area contributed by atoms with Crippen LogP contribution in [0.4, 0.5) is 5.69 Å². The molecular formula is C20H18N2O5. The number of benzene rings is 2. The van der Waals surface area contributed by atoms with E-state index in [9.17, 15) is 10.1 Å². The number of hydrogen-bond donors (Lipinski definition) is 1. The van der Waals surface area contributed by atoms with Crippen LogP contribution in [-0.4, -0.2) is 33.3 Å². The van der Waals surface area contributed by atoms with Gasteiger partial charge in [0.25, 0.3) is 5.91 Å². The molecular weight excluding hydrogens is 348 g/mol. The third-order valence-electron chi connectivity index (χ3n) is 3.91. The lowest BCUT2D eigenvalue weighted by Crippen LogP contribution is -2.17. The first kappa shape index (κ1) is 18.1. The number of ether oxygens (including phenoxy) is 4. The highest BCUT2D eigenvalue weighted by molar-refractivity contribution is 6.10. The Balaban J connectivity index is 1.82. The van der Waals surface area contributed by atoms with Crippen molar-refractivity contribution in [2.75, 3.05) is 32.8 Å². The van der Waals surface area contributed by atoms with Crippen molar-refractivity contribution >= 4 is 17.7 Å². The molecule has 0 saturated carbocycles. The Morgan fingerprint density at radius 1 is 1.11 bits per heavy atom. The van der Waals surface area contributed by atoms with E-state index in [-0.39, 0.29) is 5.57 Å². The Morgan fingerprint density at radius 2 is 1.89 bits per heavy atom. The number of nitriles is 1. The first-order valence-corrected chi connectivity index (χ1v) is 8.19. The Bertz CT molecular complexity index is 930. The molecule has 1 aliphatic heterocycles. The van der Waals surface area contributed by atoms with Crippen LogP contribution in [0.2, 0.25) is 0 Å². The van der Waals surface area contributed by atoms with Gasteiger partial charge in [0.15, 0.2) is 11.5 Å². The Kier molecular flexibility index (Phi) is 5.47. The average molecular weight is 366 g/mol. The molecule has 0 atom stereocenters. The van der Waals surface area contributed by atoms with Gasteiger partial charge in [-0.1, -0.05) is 0 Å². The van der Waals surface area contributed by atoms with Gasteiger partial charge in [0, 0.05) is 23.4 Å². The molecule has 1 N–H and O–H groups in total. The molecule has 2 aromatic carbocycles. The number of methoxy groups -OCH3 is 2. The van der Waals surface area contributed by atoms with Crippen molar-refractivity contribution in [2.24, 2.45) is 0 Å². The van der Waals surface area contributed by atoms with Gasteiger partial charge < -0.3 is 24.3 Å². The van der Waals surface area contributed by atoms with Gasteiger partial charge in [0.2, 0.25) is 0 Å². The van der Waals surface area contributed by atoms with Crippen molar-refractivity contribution < 1.29 is 23.7 Å². The largest absolute Gasteiger partial charge is 0.497 e. The SMILES string of the molecule is COc1ccc(/C=C(\C#N)C(=O)Nc2ccc3c(c2)OCCO3)c(OC)c1. The Labute approximate surface area is 156 Å². The fourth-order valence-electron chi connectivity index (χ4n) is 2.56. The van der Waals surface area contributed by atoms with Crippen LogP contribution in [0.5, 0.6) is 23.0 Å². The molecule has 0 bridgehead atoms. The summed E-state index contributed by atoms with van der Waals surface area (Å²) in [6.07, 6.45) is 1.46. The number of nitrogens with zero attached hydrogens (tertiary/aromatic N) is 1. The molecule has 0 spiro atoms. The molecule has 7 nitrogen and oxygen atoms in total. The lowest BCUT2D eigenvalue weighted by molar-refractivity contribution is -0.112. The molecule has 27 heavy (non-hydrogen) atoms. The minimum Gasteiger partial charge on any atom is -0.497 e. The highest BCUT2D eigenvalue weighted by Crippen LogP contribution is 2.33. The lowest BCUT2D eigenvalue weighted by Gasteiger charge is -2.18. The van der Waals surface area contributed by atoms with E-state index < -0.39 is 5.91 Å². The Morgan fingerprint density at radius 3 is 2.59 bits per heavy atom. The topological polar surface area (TPSA) is 89.8 Å². The van der Waals surface area contributed by atoms with E-state index in [0.29, 0.717) is 47.5 Å². The molecule has 0 fully saturated rings. The summed E-state index contributed by atoms with van der Waals surface area (Å²) in [4.78, 5) is 12.5. The molecule has 1 heterocycles. The summed E-state index contributed by atoms with van der Waals surface area (Å²) in [5, 5.41) is 12.1. The molecule has 0 unspecified atom stereocenters. The van der Waals surface area contributed by atoms with Gasteiger partial charge in [0.1, 0.15) is 36.4 Å². The van der Waals surface area contributed by atoms with E-state index in [1.807, 2.05) is 6.07 Å². The van der Waals surface area contributed by atoms with Gasteiger partial charge in [-0.3, -0.25) is 4.79 Å². The standard InChI is InChI=1S/C20H18N2O5/c1-24-16-5-3-13(18(11-16)25-2)9-14(12-21)20(23)22-15-4-6-17-19(10-15)27-8-7-26-17/h3-6,9-11H,7-8H2,1-2H3,(H,22,23)/b14-9+. The third kappa shape index (κ3) is 4.12. The smallest absolute Gasteiger partial charge is 0.266 e. The van der Waals surface area contributed by atoms with Crippen LogP contribution in [0.25, 0.3) is 6.08 Å². The first-order chi connectivity index (χ1) is 13.1. The molecule has 0 aliphatic carbocycles. The molecule has 1 aliphatic rings. The number of amides is 1. The highest BCUT2D eigenvalue weighted by atomic mass is 16.6. The van der Waals surface area contributed by atoms with Crippen molar-refractivity contribution in [3.63, 3.8) is 0 Å². The summed E-state index contributed by atoms with van der Waals surface area (Å²) in [6, 6.07) is 12.1. The summed E-state index contributed by atoms with van der Waals surface area (Å²) in [6.45, 7) is 0.939. The summed E-state index contributed by atoms with van der Waals surface area (Å²) in [5.74, 6) is 1.75. The lowest BCUT2D eigenvalue weighted by atomic mass is 10.1. The molecule has 2 aromatic rings. The number of carbonyl (C=O) groups is 1. The third-order valence-corrected chi connectivity index (χ3v) is 3.91. The number of fused-ring (bicyclic) bond motifs is 1. The molecule has 0 aromatic heterocycles. The second kappa shape index (κ2) is 8.15. The molecule has 138 valence electrons. The molecule has 1 amide bonds. The van der Waals surface area contributed by atoms with Gasteiger partial charge in [-0.05, 0) is 30.3 Å². The van der Waals surface area contributed by atoms with E-state index in [4.69, 9.17) is 18.9 Å². The highest BCUT2D eigenvalue weighted by Gasteiger charge is 2.15. The van der Waals surface area contributed by atoms with Crippen molar-refractivity contribution in [2.45, 2.75) is 0 Å². The van der Waals surface area contributed by atoms with Crippen LogP contribution in [0.15, 0.2) is 42.0 Å². The maximum absolute atomic E-state index is 12.5. The predicted molar refractivity (Wildman–Crippen MR) is 99.2 cm³/mol. The van der Waals surface area contributed by atoms with E-state index >= 15 is 0 Å². The minimum atomic E-state index is -0.535. The van der Waals surface area contributed by atoms with Crippen LogP contribution >= 0.6 is 0 Å². The zero-order chi connectivity index (χ0) is 19.2. The molecule has 7 heteroatoms. The maximum Gasteiger partial charge on any atom is 0.266 e. The van der Waals surface area contributed by atoms with E-state index in [0.717, 1.165) is 0 Å². The summed E-state index contributed by atoms with van der Waals surface area (Å²) >= 11 is 0. The molecule has 0 saturated heterocycles. The summed E-state index contributed by atoms with van der Waals surface area (Å²) in [7, 11) is 3.05. The van der Waals surface area contributed by atoms with Crippen molar-refractivity contribution in [3.05, 3.63) is 47.5 Å². The van der Waals surface area contributed by atoms with Gasteiger partial charge >= 0.3 is 0 Å². The van der Waals surface area contributed by atoms with Crippen LogP contribution in [0.3, 0.4) is 0 Å². The quantitative estimate of drug-likeness (QED) is 0.646. The van der Waals surface area contributed by atoms with Crippen molar-refractivity contribution in [1.82, 2.24) is 0 Å². The van der Waals surface area contributed by atoms with Crippen LogP contribution < -0.4 is 24.3 Å². The minimum absolute atomic E-state index is 0.0617. The fraction of sp³-hybridized carbons (Fsp3) is 0.200. The van der Waals surface area contributed by atoms with E-state index in [2.05, 4.69) is 5.32 Å². The van der Waals surface area contributed by atoms with E-state index in [1.54, 1.807) is 43.5 Å². The molecule has 3 rings (SSSR count). The number of carbonyl (C=O) groups excluding carboxylic acids is 1. The number of rotatable bonds is 5. The number of anilines is 1. The molecule has 0 radical (unpaired) electrons. The monoisotopic (exact) mass is 366 g/mol. The fourth-order valence-corrected chi connectivity index (χ4v) is 2.56. The maximum atomic E-state index is 12.5. The Hall–Kier alpha value is -3.66. The average Bonchev–Trinajstić information content (AvgIpc) is 2.71.